The molecule has 2 aromatic rings. The van der Waals surface area contributed by atoms with Crippen LogP contribution >= 0.6 is 0 Å². The fourth-order valence-electron chi connectivity index (χ4n) is 2.13. The summed E-state index contributed by atoms with van der Waals surface area (Å²) < 4.78 is 6.92. The summed E-state index contributed by atoms with van der Waals surface area (Å²) >= 11 is 0. The van der Waals surface area contributed by atoms with Gasteiger partial charge in [0.15, 0.2) is 5.69 Å². The predicted molar refractivity (Wildman–Crippen MR) is 59.9 cm³/mol. The number of benzene rings is 1. The zero-order valence-corrected chi connectivity index (χ0v) is 9.17. The number of carbonyl (C=O) groups is 1. The number of aryl methyl sites for hydroxylation is 1. The van der Waals surface area contributed by atoms with Gasteiger partial charge in [-0.05, 0) is 12.1 Å². The van der Waals surface area contributed by atoms with Crippen LogP contribution in [0.4, 0.5) is 0 Å². The van der Waals surface area contributed by atoms with Crippen LogP contribution in [0.3, 0.4) is 0 Å². The van der Waals surface area contributed by atoms with Crippen molar-refractivity contribution in [2.24, 2.45) is 7.05 Å². The van der Waals surface area contributed by atoms with Crippen LogP contribution in [0.2, 0.25) is 0 Å². The van der Waals surface area contributed by atoms with Crippen molar-refractivity contribution in [1.82, 2.24) is 9.78 Å². The third-order valence-electron chi connectivity index (χ3n) is 2.86. The molecule has 0 aliphatic carbocycles. The number of nitrogens with zero attached hydrogens (tertiary/aromatic N) is 2. The Balaban J connectivity index is 2.28. The van der Waals surface area contributed by atoms with Crippen LogP contribution in [0, 0.1) is 0 Å². The first-order valence-electron chi connectivity index (χ1n) is 5.20. The number of ether oxygens (including phenoxy) is 1. The monoisotopic (exact) mass is 230 g/mol. The molecule has 86 valence electrons. The van der Waals surface area contributed by atoms with Crippen LogP contribution in [0.25, 0.3) is 11.3 Å². The maximum Gasteiger partial charge on any atom is 0.354 e. The number of carboxylic acids is 1. The molecule has 0 atom stereocenters. The largest absolute Gasteiger partial charge is 0.488 e. The van der Waals surface area contributed by atoms with Crippen LogP contribution in [0.15, 0.2) is 24.3 Å². The Morgan fingerprint density at radius 2 is 2.24 bits per heavy atom. The molecule has 17 heavy (non-hydrogen) atoms. The summed E-state index contributed by atoms with van der Waals surface area (Å²) in [7, 11) is 1.63. The van der Waals surface area contributed by atoms with E-state index in [2.05, 4.69) is 5.10 Å². The first-order valence-corrected chi connectivity index (χ1v) is 5.20. The van der Waals surface area contributed by atoms with E-state index in [0.717, 1.165) is 11.3 Å². The summed E-state index contributed by atoms with van der Waals surface area (Å²) in [5.41, 5.74) is 2.37. The van der Waals surface area contributed by atoms with Gasteiger partial charge in [0.2, 0.25) is 0 Å². The maximum atomic E-state index is 11.2. The smallest absolute Gasteiger partial charge is 0.354 e. The number of hydrogen-bond acceptors (Lipinski definition) is 3. The first kappa shape index (κ1) is 9.89. The maximum absolute atomic E-state index is 11.2. The molecule has 0 fully saturated rings. The van der Waals surface area contributed by atoms with E-state index < -0.39 is 5.97 Å². The predicted octanol–water partition coefficient (Wildman–Crippen LogP) is 1.68. The van der Waals surface area contributed by atoms with E-state index in [-0.39, 0.29) is 12.3 Å². The van der Waals surface area contributed by atoms with Gasteiger partial charge in [0.1, 0.15) is 18.1 Å². The zero-order chi connectivity index (χ0) is 12.0. The van der Waals surface area contributed by atoms with Crippen molar-refractivity contribution in [1.29, 1.82) is 0 Å². The second-order valence-electron chi connectivity index (χ2n) is 3.89. The van der Waals surface area contributed by atoms with Gasteiger partial charge in [0, 0.05) is 12.6 Å². The average molecular weight is 230 g/mol. The number of para-hydroxylation sites is 1. The van der Waals surface area contributed by atoms with Crippen molar-refractivity contribution in [2.45, 2.75) is 6.61 Å². The van der Waals surface area contributed by atoms with Crippen molar-refractivity contribution in [3.63, 3.8) is 0 Å². The van der Waals surface area contributed by atoms with Gasteiger partial charge in [-0.1, -0.05) is 12.1 Å². The van der Waals surface area contributed by atoms with Gasteiger partial charge in [-0.25, -0.2) is 4.79 Å². The summed E-state index contributed by atoms with van der Waals surface area (Å²) in [4.78, 5) is 11.2. The first-order chi connectivity index (χ1) is 8.18. The Morgan fingerprint density at radius 1 is 1.47 bits per heavy atom. The highest BCUT2D eigenvalue weighted by Gasteiger charge is 2.27. The lowest BCUT2D eigenvalue weighted by molar-refractivity contribution is 0.0682. The molecule has 0 radical (unpaired) electrons. The van der Waals surface area contributed by atoms with E-state index in [1.165, 1.54) is 4.68 Å². The standard InChI is InChI=1S/C12H10N2O3/c1-14-11(12(15)16)8-6-17-9-5-3-2-4-7(9)10(8)13-14/h2-5H,6H2,1H3,(H,15,16). The van der Waals surface area contributed by atoms with E-state index in [0.29, 0.717) is 11.3 Å². The highest BCUT2D eigenvalue weighted by molar-refractivity contribution is 5.90. The molecule has 0 saturated carbocycles. The van der Waals surface area contributed by atoms with Crippen molar-refractivity contribution < 1.29 is 14.6 Å². The topological polar surface area (TPSA) is 64.4 Å². The summed E-state index contributed by atoms with van der Waals surface area (Å²) in [6.07, 6.45) is 0. The molecule has 0 saturated heterocycles. The van der Waals surface area contributed by atoms with E-state index in [1.807, 2.05) is 24.3 Å². The minimum absolute atomic E-state index is 0.189. The minimum atomic E-state index is -0.982. The van der Waals surface area contributed by atoms with E-state index >= 15 is 0 Å². The molecular weight excluding hydrogens is 220 g/mol. The Labute approximate surface area is 97.3 Å². The summed E-state index contributed by atoms with van der Waals surface area (Å²) in [5, 5.41) is 13.4. The Kier molecular flexibility index (Phi) is 1.95. The van der Waals surface area contributed by atoms with Crippen molar-refractivity contribution in [3.05, 3.63) is 35.5 Å². The molecule has 0 unspecified atom stereocenters. The van der Waals surface area contributed by atoms with Crippen molar-refractivity contribution >= 4 is 5.97 Å². The molecule has 1 N–H and O–H groups in total. The van der Waals surface area contributed by atoms with Crippen LogP contribution < -0.4 is 4.74 Å². The summed E-state index contributed by atoms with van der Waals surface area (Å²) in [5.74, 6) is -0.237. The fraction of sp³-hybridized carbons (Fsp3) is 0.167. The SMILES string of the molecule is Cn1nc2c(c1C(=O)O)COc1ccccc1-2. The minimum Gasteiger partial charge on any atom is -0.488 e. The van der Waals surface area contributed by atoms with E-state index in [1.54, 1.807) is 7.05 Å². The second kappa shape index (κ2) is 3.35. The zero-order valence-electron chi connectivity index (χ0n) is 9.17. The molecule has 1 aromatic carbocycles. The molecule has 5 heteroatoms. The van der Waals surface area contributed by atoms with E-state index in [4.69, 9.17) is 9.84 Å². The van der Waals surface area contributed by atoms with Crippen LogP contribution in [-0.2, 0) is 13.7 Å². The van der Waals surface area contributed by atoms with Gasteiger partial charge >= 0.3 is 5.97 Å². The number of aromatic carboxylic acids is 1. The summed E-state index contributed by atoms with van der Waals surface area (Å²) in [6, 6.07) is 7.50. The highest BCUT2D eigenvalue weighted by Crippen LogP contribution is 2.37. The van der Waals surface area contributed by atoms with Gasteiger partial charge in [-0.15, -0.1) is 0 Å². The molecule has 1 aromatic heterocycles. The molecule has 1 aliphatic heterocycles. The third kappa shape index (κ3) is 1.32. The fourth-order valence-corrected chi connectivity index (χ4v) is 2.13. The third-order valence-corrected chi connectivity index (χ3v) is 2.86. The van der Waals surface area contributed by atoms with Gasteiger partial charge < -0.3 is 9.84 Å². The molecule has 0 amide bonds. The molecule has 0 spiro atoms. The Morgan fingerprint density at radius 3 is 3.00 bits per heavy atom. The lowest BCUT2D eigenvalue weighted by Gasteiger charge is -2.16. The number of carboxylic acid groups (broad SMARTS) is 1. The van der Waals surface area contributed by atoms with Gasteiger partial charge in [0.25, 0.3) is 0 Å². The van der Waals surface area contributed by atoms with Gasteiger partial charge in [0.05, 0.1) is 5.56 Å². The van der Waals surface area contributed by atoms with Crippen LogP contribution in [0.1, 0.15) is 16.1 Å². The van der Waals surface area contributed by atoms with Crippen LogP contribution in [-0.4, -0.2) is 20.9 Å². The molecule has 2 heterocycles. The van der Waals surface area contributed by atoms with E-state index in [9.17, 15) is 4.79 Å². The Bertz CT molecular complexity index is 616. The average Bonchev–Trinajstić information content (AvgIpc) is 2.65. The molecule has 3 rings (SSSR count). The van der Waals surface area contributed by atoms with Crippen LogP contribution in [0.5, 0.6) is 5.75 Å². The van der Waals surface area contributed by atoms with Crippen molar-refractivity contribution in [3.8, 4) is 17.0 Å². The second-order valence-corrected chi connectivity index (χ2v) is 3.89. The number of hydrogen-bond donors (Lipinski definition) is 1. The number of rotatable bonds is 1. The molecule has 5 nitrogen and oxygen atoms in total. The molecule has 0 bridgehead atoms. The molecule has 1 aliphatic rings. The molecular formula is C12H10N2O3. The summed E-state index contributed by atoms with van der Waals surface area (Å²) in [6.45, 7) is 0.252. The number of fused-ring (bicyclic) bond motifs is 3. The quantitative estimate of drug-likeness (QED) is 0.809. The Hall–Kier alpha value is -2.30. The van der Waals surface area contributed by atoms with Gasteiger partial charge in [-0.2, -0.15) is 5.10 Å². The lowest BCUT2D eigenvalue weighted by atomic mass is 10.0. The highest BCUT2D eigenvalue weighted by atomic mass is 16.5. The van der Waals surface area contributed by atoms with Gasteiger partial charge in [-0.3, -0.25) is 4.68 Å². The van der Waals surface area contributed by atoms with Crippen molar-refractivity contribution in [2.75, 3.05) is 0 Å². The number of aromatic nitrogens is 2. The lowest BCUT2D eigenvalue weighted by Crippen LogP contribution is -2.11. The normalized spacial score (nSPS) is 12.5.